The van der Waals surface area contributed by atoms with Crippen LogP contribution in [0.1, 0.15) is 65.9 Å². The molecule has 0 atom stereocenters. The summed E-state index contributed by atoms with van der Waals surface area (Å²) in [6.07, 6.45) is 6.80. The molecule has 2 N–H and O–H groups in total. The predicted octanol–water partition coefficient (Wildman–Crippen LogP) is 4.56. The first-order chi connectivity index (χ1) is 17.4. The molecule has 5 rings (SSSR count). The van der Waals surface area contributed by atoms with Crippen molar-refractivity contribution in [3.63, 3.8) is 0 Å². The first-order valence-corrected chi connectivity index (χ1v) is 12.8. The number of aromatic nitrogens is 1. The molecule has 2 aromatic carbocycles. The molecule has 2 heterocycles. The van der Waals surface area contributed by atoms with Gasteiger partial charge < -0.3 is 19.9 Å². The van der Waals surface area contributed by atoms with Crippen molar-refractivity contribution < 1.29 is 14.7 Å². The lowest BCUT2D eigenvalue weighted by Gasteiger charge is -2.35. The van der Waals surface area contributed by atoms with E-state index in [2.05, 4.69) is 22.1 Å². The van der Waals surface area contributed by atoms with Crippen molar-refractivity contribution in [1.82, 2.24) is 9.47 Å². The largest absolute Gasteiger partial charge is 0.393 e. The Labute approximate surface area is 211 Å². The van der Waals surface area contributed by atoms with E-state index < -0.39 is 0 Å². The third-order valence-electron chi connectivity index (χ3n) is 7.82. The van der Waals surface area contributed by atoms with Crippen molar-refractivity contribution in [2.75, 3.05) is 18.4 Å². The number of piperidine rings is 1. The normalized spacial score (nSPS) is 20.8. The molecule has 1 aliphatic carbocycles. The first-order valence-electron chi connectivity index (χ1n) is 12.8. The Kier molecular flexibility index (Phi) is 6.80. The number of amides is 2. The number of aryl methyl sites for hydroxylation is 1. The summed E-state index contributed by atoms with van der Waals surface area (Å²) in [6.45, 7) is 1.51. The van der Waals surface area contributed by atoms with Gasteiger partial charge in [-0.1, -0.05) is 6.07 Å². The molecule has 0 unspecified atom stereocenters. The molecule has 0 spiro atoms. The molecule has 3 aromatic rings. The van der Waals surface area contributed by atoms with Crippen LogP contribution in [-0.4, -0.2) is 45.6 Å². The molecular formula is C29H32N4O3. The minimum absolute atomic E-state index is 0.0579. The molecule has 7 heteroatoms. The van der Waals surface area contributed by atoms with Gasteiger partial charge in [-0.05, 0) is 86.4 Å². The van der Waals surface area contributed by atoms with E-state index in [1.807, 2.05) is 30.1 Å². The fraction of sp³-hybridized carbons (Fsp3) is 0.414. The molecule has 0 bridgehead atoms. The van der Waals surface area contributed by atoms with E-state index in [1.54, 1.807) is 24.3 Å². The van der Waals surface area contributed by atoms with E-state index in [0.29, 0.717) is 17.0 Å². The number of hydrogen-bond donors (Lipinski definition) is 2. The zero-order valence-corrected chi connectivity index (χ0v) is 20.6. The van der Waals surface area contributed by atoms with Crippen molar-refractivity contribution in [1.29, 1.82) is 5.26 Å². The van der Waals surface area contributed by atoms with Gasteiger partial charge in [-0.15, -0.1) is 0 Å². The monoisotopic (exact) mass is 484 g/mol. The molecule has 186 valence electrons. The molecule has 36 heavy (non-hydrogen) atoms. The maximum Gasteiger partial charge on any atom is 0.255 e. The predicted molar refractivity (Wildman–Crippen MR) is 139 cm³/mol. The van der Waals surface area contributed by atoms with Crippen molar-refractivity contribution in [2.45, 2.75) is 50.5 Å². The van der Waals surface area contributed by atoms with Gasteiger partial charge in [0, 0.05) is 54.4 Å². The Morgan fingerprint density at radius 2 is 1.78 bits per heavy atom. The van der Waals surface area contributed by atoms with E-state index in [4.69, 9.17) is 5.26 Å². The molecule has 2 fully saturated rings. The second kappa shape index (κ2) is 10.2. The van der Waals surface area contributed by atoms with Crippen molar-refractivity contribution >= 4 is 28.4 Å². The summed E-state index contributed by atoms with van der Waals surface area (Å²) in [5, 5.41) is 23.0. The summed E-state index contributed by atoms with van der Waals surface area (Å²) in [4.78, 5) is 27.8. The third kappa shape index (κ3) is 4.87. The summed E-state index contributed by atoms with van der Waals surface area (Å²) < 4.78 is 2.12. The second-order valence-electron chi connectivity index (χ2n) is 10.2. The van der Waals surface area contributed by atoms with E-state index in [-0.39, 0.29) is 23.8 Å². The van der Waals surface area contributed by atoms with Crippen molar-refractivity contribution in [3.05, 3.63) is 65.4 Å². The molecule has 2 amide bonds. The van der Waals surface area contributed by atoms with Crippen LogP contribution in [0.25, 0.3) is 10.9 Å². The summed E-state index contributed by atoms with van der Waals surface area (Å²) in [5.74, 6) is 0.418. The number of fused-ring (bicyclic) bond motifs is 1. The Morgan fingerprint density at radius 1 is 1.03 bits per heavy atom. The number of likely N-dealkylation sites (tertiary alicyclic amines) is 1. The molecule has 1 saturated carbocycles. The summed E-state index contributed by atoms with van der Waals surface area (Å²) in [5.41, 5.74) is 3.98. The van der Waals surface area contributed by atoms with Gasteiger partial charge in [0.25, 0.3) is 5.91 Å². The Morgan fingerprint density at radius 3 is 2.50 bits per heavy atom. The van der Waals surface area contributed by atoms with Crippen LogP contribution >= 0.6 is 0 Å². The molecule has 0 radical (unpaired) electrons. The van der Waals surface area contributed by atoms with Gasteiger partial charge in [0.1, 0.15) is 0 Å². The highest BCUT2D eigenvalue weighted by molar-refractivity contribution is 6.05. The number of carbonyl (C=O) groups excluding carboxylic acids is 2. The van der Waals surface area contributed by atoms with Crippen molar-refractivity contribution in [2.24, 2.45) is 13.0 Å². The average Bonchev–Trinajstić information content (AvgIpc) is 3.24. The molecule has 2 aliphatic rings. The lowest BCUT2D eigenvalue weighted by Crippen LogP contribution is -2.42. The molecule has 1 aliphatic heterocycles. The molecular weight excluding hydrogens is 452 g/mol. The zero-order valence-electron chi connectivity index (χ0n) is 20.6. The minimum Gasteiger partial charge on any atom is -0.393 e. The summed E-state index contributed by atoms with van der Waals surface area (Å²) in [7, 11) is 2.04. The average molecular weight is 485 g/mol. The topological polar surface area (TPSA) is 98.4 Å². The third-order valence-corrected chi connectivity index (χ3v) is 7.82. The lowest BCUT2D eigenvalue weighted by molar-refractivity contribution is -0.138. The van der Waals surface area contributed by atoms with Crippen LogP contribution in [0.2, 0.25) is 0 Å². The van der Waals surface area contributed by atoms with Crippen LogP contribution in [0.3, 0.4) is 0 Å². The van der Waals surface area contributed by atoms with Gasteiger partial charge in [-0.3, -0.25) is 9.59 Å². The van der Waals surface area contributed by atoms with Gasteiger partial charge in [0.05, 0.1) is 17.7 Å². The Bertz CT molecular complexity index is 1320. The highest BCUT2D eigenvalue weighted by Crippen LogP contribution is 2.36. The summed E-state index contributed by atoms with van der Waals surface area (Å²) >= 11 is 0. The standard InChI is InChI=1S/C29H32N4O3/c1-32-18-26(20-11-13-33(14-12-20)29(36)21-5-8-24(34)9-6-21)25-16-23(7-10-27(25)32)31-28(35)22-4-2-3-19(15-22)17-30/h2-4,7,10,15-16,18,20-21,24,34H,5-6,8-9,11-14H2,1H3,(H,31,35). The number of nitrogens with one attached hydrogen (secondary N) is 1. The van der Waals surface area contributed by atoms with Gasteiger partial charge in [-0.2, -0.15) is 5.26 Å². The Balaban J connectivity index is 1.29. The van der Waals surface area contributed by atoms with Crippen molar-refractivity contribution in [3.8, 4) is 6.07 Å². The van der Waals surface area contributed by atoms with Crippen LogP contribution in [0, 0.1) is 17.2 Å². The van der Waals surface area contributed by atoms with Gasteiger partial charge in [0.15, 0.2) is 0 Å². The van der Waals surface area contributed by atoms with Crippen LogP contribution in [0.4, 0.5) is 5.69 Å². The molecule has 1 saturated heterocycles. The molecule has 7 nitrogen and oxygen atoms in total. The maximum atomic E-state index is 13.0. The van der Waals surface area contributed by atoms with Crippen LogP contribution < -0.4 is 5.32 Å². The lowest BCUT2D eigenvalue weighted by atomic mass is 9.85. The number of nitrogens with zero attached hydrogens (tertiary/aromatic N) is 3. The second-order valence-corrected chi connectivity index (χ2v) is 10.2. The van der Waals surface area contributed by atoms with Gasteiger partial charge in [-0.25, -0.2) is 0 Å². The number of nitriles is 1. The van der Waals surface area contributed by atoms with E-state index in [9.17, 15) is 14.7 Å². The minimum atomic E-state index is -0.247. The molecule has 1 aromatic heterocycles. The zero-order chi connectivity index (χ0) is 25.2. The van der Waals surface area contributed by atoms with E-state index in [1.165, 1.54) is 5.56 Å². The number of hydrogen-bond acceptors (Lipinski definition) is 4. The first kappa shape index (κ1) is 24.1. The highest BCUT2D eigenvalue weighted by atomic mass is 16.3. The number of benzene rings is 2. The SMILES string of the molecule is Cn1cc(C2CCN(C(=O)C3CCC(O)CC3)CC2)c2cc(NC(=O)c3cccc(C#N)c3)ccc21. The number of anilines is 1. The Hall–Kier alpha value is -3.63. The quantitative estimate of drug-likeness (QED) is 0.567. The number of rotatable bonds is 4. The van der Waals surface area contributed by atoms with Crippen LogP contribution in [-0.2, 0) is 11.8 Å². The van der Waals surface area contributed by atoms with Crippen LogP contribution in [0.5, 0.6) is 0 Å². The van der Waals surface area contributed by atoms with E-state index >= 15 is 0 Å². The van der Waals surface area contributed by atoms with E-state index in [0.717, 1.165) is 68.2 Å². The highest BCUT2D eigenvalue weighted by Gasteiger charge is 2.32. The maximum absolute atomic E-state index is 13.0. The number of aliphatic hydroxyl groups excluding tert-OH is 1. The fourth-order valence-corrected chi connectivity index (χ4v) is 5.75. The van der Waals surface area contributed by atoms with Crippen LogP contribution in [0.15, 0.2) is 48.7 Å². The number of carbonyl (C=O) groups is 2. The summed E-state index contributed by atoms with van der Waals surface area (Å²) in [6, 6.07) is 14.7. The van der Waals surface area contributed by atoms with Gasteiger partial charge in [0.2, 0.25) is 5.91 Å². The smallest absolute Gasteiger partial charge is 0.255 e. The fourth-order valence-electron chi connectivity index (χ4n) is 5.75. The van der Waals surface area contributed by atoms with Gasteiger partial charge >= 0.3 is 0 Å². The number of aliphatic hydroxyl groups is 1.